The fourth-order valence-corrected chi connectivity index (χ4v) is 2.57. The Labute approximate surface area is 203 Å². The highest BCUT2D eigenvalue weighted by Crippen LogP contribution is 2.20. The van der Waals surface area contributed by atoms with E-state index in [-0.39, 0.29) is 18.1 Å². The predicted molar refractivity (Wildman–Crippen MR) is 131 cm³/mol. The summed E-state index contributed by atoms with van der Waals surface area (Å²) in [4.78, 5) is 27.1. The number of anilines is 2. The molecule has 0 saturated heterocycles. The minimum absolute atomic E-state index is 0.0271. The Balaban J connectivity index is 0.00000174. The normalized spacial score (nSPS) is 11.7. The minimum atomic E-state index is -1.49. The highest BCUT2D eigenvalue weighted by molar-refractivity contribution is 5.86. The Bertz CT molecular complexity index is 1120. The van der Waals surface area contributed by atoms with Crippen molar-refractivity contribution in [2.75, 3.05) is 26.2 Å². The Morgan fingerprint density at radius 2 is 1.94 bits per heavy atom. The molecule has 0 aliphatic heterocycles. The van der Waals surface area contributed by atoms with Crippen LogP contribution in [0.2, 0.25) is 0 Å². The summed E-state index contributed by atoms with van der Waals surface area (Å²) >= 11 is 0. The molecule has 0 fully saturated rings. The van der Waals surface area contributed by atoms with Gasteiger partial charge in [-0.2, -0.15) is 4.98 Å². The van der Waals surface area contributed by atoms with Crippen molar-refractivity contribution in [3.63, 3.8) is 0 Å². The molecular formula is C25H30F3N3O4. The van der Waals surface area contributed by atoms with E-state index in [9.17, 15) is 27.9 Å². The van der Waals surface area contributed by atoms with Gasteiger partial charge in [0.1, 0.15) is 24.2 Å². The number of ether oxygens (including phenoxy) is 1. The number of aryl methyl sites for hydroxylation is 1. The number of carboxylic acids is 1. The molecule has 2 rings (SSSR count). The number of alkyl halides is 2. The van der Waals surface area contributed by atoms with Gasteiger partial charge in [0.2, 0.25) is 5.95 Å². The molecule has 1 atom stereocenters. The van der Waals surface area contributed by atoms with Crippen molar-refractivity contribution in [3.05, 3.63) is 75.5 Å². The number of aromatic nitrogens is 2. The van der Waals surface area contributed by atoms with Gasteiger partial charge < -0.3 is 19.7 Å². The van der Waals surface area contributed by atoms with E-state index in [2.05, 4.69) is 27.4 Å². The van der Waals surface area contributed by atoms with Crippen LogP contribution in [0.3, 0.4) is 0 Å². The van der Waals surface area contributed by atoms with Gasteiger partial charge in [0.05, 0.1) is 6.54 Å². The first-order chi connectivity index (χ1) is 16.5. The zero-order valence-electron chi connectivity index (χ0n) is 20.3. The zero-order chi connectivity index (χ0) is 27.0. The summed E-state index contributed by atoms with van der Waals surface area (Å²) in [5.74, 6) is -0.382. The van der Waals surface area contributed by atoms with Crippen LogP contribution in [0, 0.1) is 19.3 Å². The van der Waals surface area contributed by atoms with Gasteiger partial charge in [0, 0.05) is 26.1 Å². The number of hydrogen-bond donors (Lipinski definition) is 2. The number of carbonyl (C=O) groups is 1. The second-order valence-corrected chi connectivity index (χ2v) is 7.00. The molecule has 190 valence electrons. The first-order valence-corrected chi connectivity index (χ1v) is 10.3. The van der Waals surface area contributed by atoms with E-state index in [0.29, 0.717) is 5.69 Å². The number of nitrogens with zero attached hydrogens (tertiary/aromatic N) is 2. The molecule has 35 heavy (non-hydrogen) atoms. The summed E-state index contributed by atoms with van der Waals surface area (Å²) in [7, 11) is 3.25. The lowest BCUT2D eigenvalue weighted by molar-refractivity contribution is 0.0694. The number of methoxy groups -OCH3 is 1. The molecule has 0 spiro atoms. The maximum Gasteiger partial charge on any atom is 0.342 e. The summed E-state index contributed by atoms with van der Waals surface area (Å²) in [6, 6.07) is 7.09. The average Bonchev–Trinajstić information content (AvgIpc) is 2.77. The quantitative estimate of drug-likeness (QED) is 0.397. The van der Waals surface area contributed by atoms with E-state index < -0.39 is 35.8 Å². The number of benzene rings is 1. The SMILES string of the molecule is C#CC.COC.Cc1ccccc1Nc1nc(=O)c(C(=O)O)cn1CC(/C=C(/F)CF)=C/C(C)F. The van der Waals surface area contributed by atoms with Crippen molar-refractivity contribution in [1.29, 1.82) is 0 Å². The molecule has 1 heterocycles. The molecule has 2 N–H and O–H groups in total. The van der Waals surface area contributed by atoms with E-state index in [1.165, 1.54) is 11.5 Å². The fraction of sp³-hybridized carbons (Fsp3) is 0.320. The van der Waals surface area contributed by atoms with E-state index >= 15 is 0 Å². The van der Waals surface area contributed by atoms with Crippen molar-refractivity contribution >= 4 is 17.6 Å². The van der Waals surface area contributed by atoms with Crippen molar-refractivity contribution in [2.24, 2.45) is 0 Å². The molecule has 1 unspecified atom stereocenters. The third kappa shape index (κ3) is 11.7. The number of carboxylic acid groups (broad SMARTS) is 1. The lowest BCUT2D eigenvalue weighted by Gasteiger charge is -2.16. The lowest BCUT2D eigenvalue weighted by Crippen LogP contribution is -2.24. The number of allylic oxidation sites excluding steroid dienone is 4. The number of rotatable bonds is 8. The molecule has 0 radical (unpaired) electrons. The van der Waals surface area contributed by atoms with Crippen LogP contribution < -0.4 is 10.9 Å². The van der Waals surface area contributed by atoms with Gasteiger partial charge in [-0.15, -0.1) is 12.3 Å². The Morgan fingerprint density at radius 3 is 2.43 bits per heavy atom. The second kappa shape index (κ2) is 16.7. The number of aromatic carboxylic acids is 1. The molecule has 0 saturated carbocycles. The standard InChI is InChI=1S/C20H20F3N3O3.C3H4.C2H6O/c1-12-5-3-4-6-17(12)24-20-25-18(27)16(19(28)29)11-26(20)10-14(7-13(2)22)8-15(23)9-21;2*1-3-2/h3-8,11,13H,9-10H2,1-2H3,(H,28,29)(H,24,25,27);1H,2H3;1-2H3/b14-7+,15-8+;;. The van der Waals surface area contributed by atoms with Gasteiger partial charge in [0.15, 0.2) is 0 Å². The number of para-hydroxylation sites is 1. The van der Waals surface area contributed by atoms with Crippen molar-refractivity contribution in [2.45, 2.75) is 33.5 Å². The van der Waals surface area contributed by atoms with E-state index in [1.54, 1.807) is 33.3 Å². The molecule has 2 aromatic rings. The van der Waals surface area contributed by atoms with Gasteiger partial charge in [-0.05, 0) is 50.1 Å². The van der Waals surface area contributed by atoms with Gasteiger partial charge >= 0.3 is 5.97 Å². The molecule has 1 aromatic carbocycles. The number of halogens is 3. The molecule has 1 aromatic heterocycles. The molecule has 0 aliphatic rings. The van der Waals surface area contributed by atoms with Crippen LogP contribution in [-0.2, 0) is 11.3 Å². The van der Waals surface area contributed by atoms with Crippen LogP contribution in [0.5, 0.6) is 0 Å². The molecule has 0 bridgehead atoms. The van der Waals surface area contributed by atoms with Crippen LogP contribution in [0.1, 0.15) is 29.8 Å². The molecule has 0 amide bonds. The third-order valence-electron chi connectivity index (χ3n) is 3.88. The minimum Gasteiger partial charge on any atom is -0.477 e. The summed E-state index contributed by atoms with van der Waals surface area (Å²) in [5.41, 5.74) is -0.106. The van der Waals surface area contributed by atoms with Crippen LogP contribution >= 0.6 is 0 Å². The molecule has 7 nitrogen and oxygen atoms in total. The topological polar surface area (TPSA) is 93.4 Å². The molecule has 0 aliphatic carbocycles. The summed E-state index contributed by atoms with van der Waals surface area (Å²) in [5, 5.41) is 12.1. The number of hydrogen-bond acceptors (Lipinski definition) is 5. The predicted octanol–water partition coefficient (Wildman–Crippen LogP) is 5.00. The second-order valence-electron chi connectivity index (χ2n) is 7.00. The van der Waals surface area contributed by atoms with Gasteiger partial charge in [-0.25, -0.2) is 18.0 Å². The van der Waals surface area contributed by atoms with Crippen LogP contribution in [0.25, 0.3) is 0 Å². The Kier molecular flexibility index (Phi) is 14.9. The van der Waals surface area contributed by atoms with E-state index in [1.807, 2.05) is 19.1 Å². The number of nitrogens with one attached hydrogen (secondary N) is 1. The smallest absolute Gasteiger partial charge is 0.342 e. The maximum atomic E-state index is 13.5. The van der Waals surface area contributed by atoms with Crippen LogP contribution in [-0.4, -0.2) is 47.7 Å². The highest BCUT2D eigenvalue weighted by Gasteiger charge is 2.16. The summed E-state index contributed by atoms with van der Waals surface area (Å²) in [6.45, 7) is 3.06. The van der Waals surface area contributed by atoms with Crippen LogP contribution in [0.4, 0.5) is 24.8 Å². The Hall–Kier alpha value is -3.84. The molecule has 10 heteroatoms. The monoisotopic (exact) mass is 493 g/mol. The lowest BCUT2D eigenvalue weighted by atomic mass is 10.2. The van der Waals surface area contributed by atoms with Gasteiger partial charge in [-0.1, -0.05) is 18.2 Å². The van der Waals surface area contributed by atoms with Crippen molar-refractivity contribution in [1.82, 2.24) is 9.55 Å². The Morgan fingerprint density at radius 1 is 1.37 bits per heavy atom. The highest BCUT2D eigenvalue weighted by atomic mass is 19.2. The summed E-state index contributed by atoms with van der Waals surface area (Å²) in [6.07, 6.45) is 6.04. The average molecular weight is 494 g/mol. The zero-order valence-corrected chi connectivity index (χ0v) is 20.3. The van der Waals surface area contributed by atoms with Gasteiger partial charge in [-0.3, -0.25) is 4.79 Å². The van der Waals surface area contributed by atoms with E-state index in [4.69, 9.17) is 0 Å². The number of terminal acetylenes is 1. The van der Waals surface area contributed by atoms with Crippen molar-refractivity contribution in [3.8, 4) is 12.3 Å². The van der Waals surface area contributed by atoms with Crippen LogP contribution in [0.15, 0.2) is 58.8 Å². The fourth-order valence-electron chi connectivity index (χ4n) is 2.57. The van der Waals surface area contributed by atoms with Gasteiger partial charge in [0.25, 0.3) is 5.56 Å². The maximum absolute atomic E-state index is 13.5. The van der Waals surface area contributed by atoms with Crippen molar-refractivity contribution < 1.29 is 27.8 Å². The van der Waals surface area contributed by atoms with E-state index in [0.717, 1.165) is 23.9 Å². The first-order valence-electron chi connectivity index (χ1n) is 10.3. The third-order valence-corrected chi connectivity index (χ3v) is 3.88. The molecular weight excluding hydrogens is 463 g/mol. The first kappa shape index (κ1) is 31.2. The largest absolute Gasteiger partial charge is 0.477 e. The summed E-state index contributed by atoms with van der Waals surface area (Å²) < 4.78 is 44.9.